The van der Waals surface area contributed by atoms with E-state index in [0.717, 1.165) is 39.9 Å². The van der Waals surface area contributed by atoms with Crippen LogP contribution in [0.3, 0.4) is 0 Å². The molecule has 0 spiro atoms. The zero-order valence-electron chi connectivity index (χ0n) is 16.9. The minimum absolute atomic E-state index is 0.0974. The van der Waals surface area contributed by atoms with Gasteiger partial charge in [0.25, 0.3) is 5.56 Å². The van der Waals surface area contributed by atoms with E-state index in [1.165, 1.54) is 43.2 Å². The fourth-order valence-electron chi connectivity index (χ4n) is 3.83. The predicted octanol–water partition coefficient (Wildman–Crippen LogP) is 4.56. The number of nitrogens with zero attached hydrogens (tertiary/aromatic N) is 2. The highest BCUT2D eigenvalue weighted by Gasteiger charge is 2.28. The van der Waals surface area contributed by atoms with Crippen LogP contribution in [0.1, 0.15) is 82.0 Å². The predicted molar refractivity (Wildman–Crippen MR) is 113 cm³/mol. The van der Waals surface area contributed by atoms with E-state index < -0.39 is 0 Å². The monoisotopic (exact) mass is 391 g/mol. The number of nitrogens with two attached hydrogens (primary N) is 1. The standard InChI is InChI=1S/C21H33N3O2S/c1-4-5-6-7-8-9-10-11-18-23-20-19(21(25)24(18)22)15-12-16(14(2)3)26-13-17(15)27-20/h14,16H,4-13,22H2,1-3H3/t16-/m0/s1. The third-order valence-electron chi connectivity index (χ3n) is 5.59. The van der Waals surface area contributed by atoms with E-state index in [2.05, 4.69) is 20.8 Å². The first-order valence-electron chi connectivity index (χ1n) is 10.5. The van der Waals surface area contributed by atoms with Gasteiger partial charge in [-0.05, 0) is 17.9 Å². The van der Waals surface area contributed by atoms with E-state index in [1.54, 1.807) is 11.3 Å². The van der Waals surface area contributed by atoms with Gasteiger partial charge in [-0.2, -0.15) is 0 Å². The van der Waals surface area contributed by atoms with Crippen molar-refractivity contribution in [2.75, 3.05) is 5.84 Å². The number of hydrogen-bond donors (Lipinski definition) is 1. The Balaban J connectivity index is 1.72. The van der Waals surface area contributed by atoms with Crippen molar-refractivity contribution in [3.63, 3.8) is 0 Å². The Morgan fingerprint density at radius 3 is 2.63 bits per heavy atom. The van der Waals surface area contributed by atoms with Crippen LogP contribution < -0.4 is 11.4 Å². The highest BCUT2D eigenvalue weighted by atomic mass is 32.1. The molecule has 2 aromatic rings. The van der Waals surface area contributed by atoms with E-state index in [4.69, 9.17) is 15.6 Å². The largest absolute Gasteiger partial charge is 0.372 e. The van der Waals surface area contributed by atoms with E-state index in [1.807, 2.05) is 0 Å². The van der Waals surface area contributed by atoms with Crippen molar-refractivity contribution < 1.29 is 4.74 Å². The van der Waals surface area contributed by atoms with Gasteiger partial charge >= 0.3 is 0 Å². The molecule has 3 rings (SSSR count). The SMILES string of the molecule is CCCCCCCCCc1nc2sc3c(c2c(=O)n1N)C[C@@H](C(C)C)OC3. The molecule has 3 heterocycles. The number of rotatable bonds is 9. The maximum Gasteiger partial charge on any atom is 0.280 e. The fraction of sp³-hybridized carbons (Fsp3) is 0.714. The molecule has 150 valence electrons. The summed E-state index contributed by atoms with van der Waals surface area (Å²) in [6.07, 6.45) is 10.4. The molecule has 0 unspecified atom stereocenters. The quantitative estimate of drug-likeness (QED) is 0.502. The molecule has 0 saturated carbocycles. The van der Waals surface area contributed by atoms with Crippen LogP contribution in [0, 0.1) is 5.92 Å². The molecule has 0 amide bonds. The Hall–Kier alpha value is -1.40. The Bertz CT molecular complexity index is 825. The average Bonchev–Trinajstić information content (AvgIpc) is 3.02. The fourth-order valence-corrected chi connectivity index (χ4v) is 4.96. The van der Waals surface area contributed by atoms with Gasteiger partial charge in [0.2, 0.25) is 0 Å². The second-order valence-electron chi connectivity index (χ2n) is 8.06. The van der Waals surface area contributed by atoms with Crippen molar-refractivity contribution in [1.82, 2.24) is 9.66 Å². The van der Waals surface area contributed by atoms with Gasteiger partial charge in [0.05, 0.1) is 18.1 Å². The smallest absolute Gasteiger partial charge is 0.280 e. The lowest BCUT2D eigenvalue weighted by atomic mass is 9.96. The molecule has 0 saturated heterocycles. The topological polar surface area (TPSA) is 70.1 Å². The first-order chi connectivity index (χ1) is 13.0. The summed E-state index contributed by atoms with van der Waals surface area (Å²) in [7, 11) is 0. The molecule has 27 heavy (non-hydrogen) atoms. The van der Waals surface area contributed by atoms with Gasteiger partial charge in [-0.3, -0.25) is 4.79 Å². The van der Waals surface area contributed by atoms with Crippen LogP contribution in [0.5, 0.6) is 0 Å². The number of nitrogen functional groups attached to an aromatic ring is 1. The first-order valence-corrected chi connectivity index (χ1v) is 11.3. The number of thiophene rings is 1. The molecule has 5 nitrogen and oxygen atoms in total. The minimum Gasteiger partial charge on any atom is -0.372 e. The summed E-state index contributed by atoms with van der Waals surface area (Å²) in [5.74, 6) is 7.27. The summed E-state index contributed by atoms with van der Waals surface area (Å²) in [6, 6.07) is 0. The Morgan fingerprint density at radius 2 is 1.93 bits per heavy atom. The van der Waals surface area contributed by atoms with Gasteiger partial charge in [-0.1, -0.05) is 59.3 Å². The normalized spacial score (nSPS) is 17.0. The summed E-state index contributed by atoms with van der Waals surface area (Å²) in [4.78, 5) is 19.7. The third-order valence-corrected chi connectivity index (χ3v) is 6.69. The summed E-state index contributed by atoms with van der Waals surface area (Å²) in [6.45, 7) is 7.13. The summed E-state index contributed by atoms with van der Waals surface area (Å²) < 4.78 is 7.24. The van der Waals surface area contributed by atoms with Crippen molar-refractivity contribution >= 4 is 21.6 Å². The van der Waals surface area contributed by atoms with E-state index in [-0.39, 0.29) is 11.7 Å². The molecule has 1 aliphatic rings. The number of aryl methyl sites for hydroxylation is 1. The van der Waals surface area contributed by atoms with Crippen LogP contribution in [-0.4, -0.2) is 15.8 Å². The van der Waals surface area contributed by atoms with Crippen LogP contribution in [0.2, 0.25) is 0 Å². The van der Waals surface area contributed by atoms with Crippen LogP contribution in [0.25, 0.3) is 10.2 Å². The molecule has 1 atom stereocenters. The summed E-state index contributed by atoms with van der Waals surface area (Å²) in [5.41, 5.74) is 1.01. The molecule has 0 radical (unpaired) electrons. The lowest BCUT2D eigenvalue weighted by Crippen LogP contribution is -2.33. The van der Waals surface area contributed by atoms with Crippen molar-refractivity contribution in [3.05, 3.63) is 26.6 Å². The van der Waals surface area contributed by atoms with Crippen molar-refractivity contribution in [2.45, 2.75) is 91.3 Å². The Labute approximate surface area is 165 Å². The Morgan fingerprint density at radius 1 is 1.22 bits per heavy atom. The van der Waals surface area contributed by atoms with Gasteiger partial charge in [-0.25, -0.2) is 9.66 Å². The summed E-state index contributed by atoms with van der Waals surface area (Å²) in [5, 5.41) is 0.717. The van der Waals surface area contributed by atoms with Gasteiger partial charge in [-0.15, -0.1) is 11.3 Å². The minimum atomic E-state index is -0.0974. The van der Waals surface area contributed by atoms with Crippen molar-refractivity contribution in [2.24, 2.45) is 5.92 Å². The van der Waals surface area contributed by atoms with Gasteiger partial charge < -0.3 is 10.6 Å². The zero-order chi connectivity index (χ0) is 19.4. The molecular formula is C21H33N3O2S. The zero-order valence-corrected chi connectivity index (χ0v) is 17.7. The van der Waals surface area contributed by atoms with Crippen LogP contribution >= 0.6 is 11.3 Å². The second-order valence-corrected chi connectivity index (χ2v) is 9.14. The molecule has 1 aliphatic heterocycles. The molecule has 6 heteroatoms. The number of unbranched alkanes of at least 4 members (excludes halogenated alkanes) is 6. The molecule has 0 aliphatic carbocycles. The van der Waals surface area contributed by atoms with E-state index >= 15 is 0 Å². The van der Waals surface area contributed by atoms with Gasteiger partial charge in [0.1, 0.15) is 10.7 Å². The van der Waals surface area contributed by atoms with Crippen molar-refractivity contribution in [1.29, 1.82) is 0 Å². The number of fused-ring (bicyclic) bond motifs is 3. The number of ether oxygens (including phenoxy) is 1. The Kier molecular flexibility index (Phi) is 6.93. The maximum absolute atomic E-state index is 12.9. The molecule has 0 bridgehead atoms. The van der Waals surface area contributed by atoms with Crippen LogP contribution in [-0.2, 0) is 24.2 Å². The molecule has 0 fully saturated rings. The number of hydrogen-bond acceptors (Lipinski definition) is 5. The number of aromatic nitrogens is 2. The molecule has 2 aromatic heterocycles. The van der Waals surface area contributed by atoms with Crippen LogP contribution in [0.15, 0.2) is 4.79 Å². The lowest BCUT2D eigenvalue weighted by Gasteiger charge is -2.26. The third kappa shape index (κ3) is 4.54. The first kappa shape index (κ1) is 20.3. The highest BCUT2D eigenvalue weighted by molar-refractivity contribution is 7.18. The maximum atomic E-state index is 12.9. The molecule has 0 aromatic carbocycles. The lowest BCUT2D eigenvalue weighted by molar-refractivity contribution is 0.00200. The second kappa shape index (κ2) is 9.20. The van der Waals surface area contributed by atoms with E-state index in [9.17, 15) is 4.79 Å². The summed E-state index contributed by atoms with van der Waals surface area (Å²) >= 11 is 1.60. The van der Waals surface area contributed by atoms with Crippen LogP contribution in [0.4, 0.5) is 0 Å². The van der Waals surface area contributed by atoms with E-state index in [0.29, 0.717) is 18.3 Å². The van der Waals surface area contributed by atoms with Gasteiger partial charge in [0.15, 0.2) is 0 Å². The highest BCUT2D eigenvalue weighted by Crippen LogP contribution is 2.35. The average molecular weight is 392 g/mol. The van der Waals surface area contributed by atoms with Crippen molar-refractivity contribution in [3.8, 4) is 0 Å². The van der Waals surface area contributed by atoms with Gasteiger partial charge in [0, 0.05) is 17.7 Å². The molecule has 2 N–H and O–H groups in total. The molecular weight excluding hydrogens is 358 g/mol.